The SMILES string of the molecule is C1CCOOC1.CNC(C)=O. The lowest BCUT2D eigenvalue weighted by atomic mass is 10.3. The van der Waals surface area contributed by atoms with Crippen molar-refractivity contribution in [2.45, 2.75) is 19.8 Å². The first-order chi connectivity index (χ1) is 5.27. The Morgan fingerprint density at radius 3 is 1.73 bits per heavy atom. The molecule has 11 heavy (non-hydrogen) atoms. The highest BCUT2D eigenvalue weighted by molar-refractivity contribution is 5.72. The second-order valence-corrected chi connectivity index (χ2v) is 2.16. The van der Waals surface area contributed by atoms with Crippen molar-refractivity contribution in [1.82, 2.24) is 5.32 Å². The van der Waals surface area contributed by atoms with Crippen LogP contribution in [-0.4, -0.2) is 26.2 Å². The lowest BCUT2D eigenvalue weighted by Crippen LogP contribution is -2.11. The van der Waals surface area contributed by atoms with E-state index in [0.717, 1.165) is 26.1 Å². The van der Waals surface area contributed by atoms with Gasteiger partial charge in [0.15, 0.2) is 0 Å². The minimum Gasteiger partial charge on any atom is -0.359 e. The number of hydrogen-bond donors (Lipinski definition) is 1. The molecule has 1 fully saturated rings. The maximum Gasteiger partial charge on any atom is 0.216 e. The molecular weight excluding hydrogens is 146 g/mol. The molecule has 0 aromatic rings. The highest BCUT2D eigenvalue weighted by Gasteiger charge is 1.95. The predicted octanol–water partition coefficient (Wildman–Crippen LogP) is 0.481. The Kier molecular flexibility index (Phi) is 7.08. The van der Waals surface area contributed by atoms with Crippen LogP contribution < -0.4 is 5.32 Å². The fourth-order valence-corrected chi connectivity index (χ4v) is 0.440. The topological polar surface area (TPSA) is 47.6 Å². The van der Waals surface area contributed by atoms with E-state index in [4.69, 9.17) is 0 Å². The molecule has 66 valence electrons. The first-order valence-corrected chi connectivity index (χ1v) is 3.70. The Hall–Kier alpha value is -0.610. The van der Waals surface area contributed by atoms with Gasteiger partial charge in [0.05, 0.1) is 13.2 Å². The van der Waals surface area contributed by atoms with Crippen LogP contribution >= 0.6 is 0 Å². The van der Waals surface area contributed by atoms with Crippen molar-refractivity contribution in [1.29, 1.82) is 0 Å². The quantitative estimate of drug-likeness (QED) is 0.526. The average Bonchev–Trinajstić information content (AvgIpc) is 2.09. The zero-order chi connectivity index (χ0) is 8.53. The van der Waals surface area contributed by atoms with Gasteiger partial charge in [0.25, 0.3) is 0 Å². The van der Waals surface area contributed by atoms with Gasteiger partial charge in [-0.3, -0.25) is 4.79 Å². The predicted molar refractivity (Wildman–Crippen MR) is 40.9 cm³/mol. The summed E-state index contributed by atoms with van der Waals surface area (Å²) in [7, 11) is 1.60. The number of hydrogen-bond acceptors (Lipinski definition) is 3. The maximum absolute atomic E-state index is 9.70. The molecule has 0 radical (unpaired) electrons. The van der Waals surface area contributed by atoms with Crippen LogP contribution in [-0.2, 0) is 14.6 Å². The highest BCUT2D eigenvalue weighted by atomic mass is 17.2. The number of nitrogens with one attached hydrogen (secondary N) is 1. The third kappa shape index (κ3) is 9.39. The Morgan fingerprint density at radius 2 is 1.64 bits per heavy atom. The molecule has 4 heteroatoms. The molecule has 0 unspecified atom stereocenters. The Morgan fingerprint density at radius 1 is 1.27 bits per heavy atom. The van der Waals surface area contributed by atoms with E-state index in [2.05, 4.69) is 15.1 Å². The Labute approximate surface area is 66.8 Å². The van der Waals surface area contributed by atoms with E-state index in [1.165, 1.54) is 6.92 Å². The monoisotopic (exact) mass is 161 g/mol. The summed E-state index contributed by atoms with van der Waals surface area (Å²) in [5.74, 6) is 0.00463. The first-order valence-electron chi connectivity index (χ1n) is 3.70. The third-order valence-electron chi connectivity index (χ3n) is 1.14. The molecule has 1 rings (SSSR count). The minimum atomic E-state index is 0.00463. The molecule has 0 bridgehead atoms. The fourth-order valence-electron chi connectivity index (χ4n) is 0.440. The molecule has 0 saturated carbocycles. The molecule has 1 N–H and O–H groups in total. The van der Waals surface area contributed by atoms with E-state index in [0.29, 0.717) is 0 Å². The van der Waals surface area contributed by atoms with Crippen molar-refractivity contribution >= 4 is 5.91 Å². The summed E-state index contributed by atoms with van der Waals surface area (Å²) in [6, 6.07) is 0. The van der Waals surface area contributed by atoms with E-state index in [9.17, 15) is 4.79 Å². The van der Waals surface area contributed by atoms with Gasteiger partial charge in [-0.1, -0.05) is 0 Å². The van der Waals surface area contributed by atoms with E-state index in [-0.39, 0.29) is 5.91 Å². The molecule has 1 saturated heterocycles. The van der Waals surface area contributed by atoms with Gasteiger partial charge in [0, 0.05) is 14.0 Å². The van der Waals surface area contributed by atoms with Crippen LogP contribution in [0, 0.1) is 0 Å². The molecule has 1 amide bonds. The van der Waals surface area contributed by atoms with Crippen LogP contribution in [0.15, 0.2) is 0 Å². The summed E-state index contributed by atoms with van der Waals surface area (Å²) < 4.78 is 0. The molecule has 0 aliphatic carbocycles. The number of carbonyl (C=O) groups is 1. The van der Waals surface area contributed by atoms with Crippen molar-refractivity contribution in [3.05, 3.63) is 0 Å². The van der Waals surface area contributed by atoms with Crippen molar-refractivity contribution < 1.29 is 14.6 Å². The van der Waals surface area contributed by atoms with Gasteiger partial charge >= 0.3 is 0 Å². The van der Waals surface area contributed by atoms with Gasteiger partial charge in [0.1, 0.15) is 0 Å². The van der Waals surface area contributed by atoms with Gasteiger partial charge in [-0.05, 0) is 12.8 Å². The average molecular weight is 161 g/mol. The van der Waals surface area contributed by atoms with Crippen LogP contribution in [0.2, 0.25) is 0 Å². The summed E-state index contributed by atoms with van der Waals surface area (Å²) in [5.41, 5.74) is 0. The van der Waals surface area contributed by atoms with Gasteiger partial charge in [-0.25, -0.2) is 9.78 Å². The van der Waals surface area contributed by atoms with Crippen molar-refractivity contribution in [2.75, 3.05) is 20.3 Å². The van der Waals surface area contributed by atoms with E-state index >= 15 is 0 Å². The minimum absolute atomic E-state index is 0.00463. The molecule has 1 aliphatic rings. The van der Waals surface area contributed by atoms with Crippen LogP contribution in [0.4, 0.5) is 0 Å². The molecule has 0 aromatic carbocycles. The van der Waals surface area contributed by atoms with Crippen LogP contribution in [0.5, 0.6) is 0 Å². The molecule has 0 aromatic heterocycles. The summed E-state index contributed by atoms with van der Waals surface area (Å²) in [6.07, 6.45) is 2.31. The standard InChI is InChI=1S/C4H8O2.C3H7NO/c1-2-4-6-5-3-1;1-3(5)4-2/h1-4H2;1-2H3,(H,4,5). The largest absolute Gasteiger partial charge is 0.359 e. The van der Waals surface area contributed by atoms with Crippen molar-refractivity contribution in [3.8, 4) is 0 Å². The van der Waals surface area contributed by atoms with E-state index in [1.807, 2.05) is 0 Å². The van der Waals surface area contributed by atoms with Gasteiger partial charge in [-0.15, -0.1) is 0 Å². The zero-order valence-electron chi connectivity index (χ0n) is 7.05. The molecule has 4 nitrogen and oxygen atoms in total. The molecule has 0 atom stereocenters. The second kappa shape index (κ2) is 7.50. The van der Waals surface area contributed by atoms with Crippen LogP contribution in [0.1, 0.15) is 19.8 Å². The lowest BCUT2D eigenvalue weighted by Gasteiger charge is -2.07. The summed E-state index contributed by atoms with van der Waals surface area (Å²) in [6.45, 7) is 3.03. The lowest BCUT2D eigenvalue weighted by molar-refractivity contribution is -0.312. The summed E-state index contributed by atoms with van der Waals surface area (Å²) >= 11 is 0. The summed E-state index contributed by atoms with van der Waals surface area (Å²) in [5, 5.41) is 2.39. The second-order valence-electron chi connectivity index (χ2n) is 2.16. The normalized spacial score (nSPS) is 16.2. The van der Waals surface area contributed by atoms with Gasteiger partial charge in [0.2, 0.25) is 5.91 Å². The zero-order valence-corrected chi connectivity index (χ0v) is 7.05. The molecule has 0 spiro atoms. The Bertz CT molecular complexity index is 90.3. The van der Waals surface area contributed by atoms with Crippen LogP contribution in [0.25, 0.3) is 0 Å². The van der Waals surface area contributed by atoms with E-state index < -0.39 is 0 Å². The third-order valence-corrected chi connectivity index (χ3v) is 1.14. The summed E-state index contributed by atoms with van der Waals surface area (Å²) in [4.78, 5) is 18.8. The number of carbonyl (C=O) groups excluding carboxylic acids is 1. The van der Waals surface area contributed by atoms with Crippen LogP contribution in [0.3, 0.4) is 0 Å². The van der Waals surface area contributed by atoms with Crippen molar-refractivity contribution in [2.24, 2.45) is 0 Å². The van der Waals surface area contributed by atoms with Gasteiger partial charge < -0.3 is 5.32 Å². The van der Waals surface area contributed by atoms with Crippen molar-refractivity contribution in [3.63, 3.8) is 0 Å². The van der Waals surface area contributed by atoms with E-state index in [1.54, 1.807) is 7.05 Å². The number of amides is 1. The number of rotatable bonds is 0. The highest BCUT2D eigenvalue weighted by Crippen LogP contribution is 1.97. The Balaban J connectivity index is 0.000000187. The molecular formula is C7H15NO3. The van der Waals surface area contributed by atoms with Gasteiger partial charge in [-0.2, -0.15) is 0 Å². The smallest absolute Gasteiger partial charge is 0.216 e. The molecule has 1 aliphatic heterocycles. The first kappa shape index (κ1) is 10.4. The molecule has 1 heterocycles. The maximum atomic E-state index is 9.70. The fraction of sp³-hybridized carbons (Fsp3) is 0.857.